The molecular formula is C19H20F3N3O. The van der Waals surface area contributed by atoms with Gasteiger partial charge in [0.25, 0.3) is 5.91 Å². The molecule has 0 bridgehead atoms. The predicted octanol–water partition coefficient (Wildman–Crippen LogP) is 3.75. The summed E-state index contributed by atoms with van der Waals surface area (Å²) in [6.45, 7) is 5.55. The van der Waals surface area contributed by atoms with Gasteiger partial charge in [0.1, 0.15) is 0 Å². The summed E-state index contributed by atoms with van der Waals surface area (Å²) in [4.78, 5) is 18.5. The first-order chi connectivity index (χ1) is 12.2. The zero-order chi connectivity index (χ0) is 18.9. The summed E-state index contributed by atoms with van der Waals surface area (Å²) in [6.07, 6.45) is -2.75. The second-order valence-electron chi connectivity index (χ2n) is 6.80. The fraction of sp³-hybridized carbons (Fsp3) is 0.368. The average molecular weight is 363 g/mol. The van der Waals surface area contributed by atoms with Gasteiger partial charge in [-0.2, -0.15) is 13.2 Å². The van der Waals surface area contributed by atoms with Gasteiger partial charge >= 0.3 is 6.18 Å². The van der Waals surface area contributed by atoms with Crippen LogP contribution >= 0.6 is 0 Å². The number of pyridine rings is 1. The highest BCUT2D eigenvalue weighted by Gasteiger charge is 2.30. The number of alkyl halides is 3. The van der Waals surface area contributed by atoms with Gasteiger partial charge in [-0.15, -0.1) is 0 Å². The van der Waals surface area contributed by atoms with Crippen molar-refractivity contribution in [3.63, 3.8) is 0 Å². The quantitative estimate of drug-likeness (QED) is 0.900. The normalized spacial score (nSPS) is 14.5. The van der Waals surface area contributed by atoms with E-state index in [1.807, 2.05) is 19.9 Å². The molecule has 1 aliphatic heterocycles. The Bertz CT molecular complexity index is 801. The lowest BCUT2D eigenvalue weighted by Crippen LogP contribution is -2.30. The molecule has 0 saturated carbocycles. The Labute approximate surface area is 150 Å². The van der Waals surface area contributed by atoms with Gasteiger partial charge in [-0.25, -0.2) is 0 Å². The molecule has 26 heavy (non-hydrogen) atoms. The van der Waals surface area contributed by atoms with E-state index in [-0.39, 0.29) is 11.9 Å². The van der Waals surface area contributed by atoms with E-state index in [2.05, 4.69) is 15.2 Å². The lowest BCUT2D eigenvalue weighted by Gasteiger charge is -2.15. The molecule has 2 aromatic rings. The fourth-order valence-corrected chi connectivity index (χ4v) is 2.97. The monoisotopic (exact) mass is 363 g/mol. The molecule has 1 aromatic heterocycles. The van der Waals surface area contributed by atoms with Crippen molar-refractivity contribution < 1.29 is 18.0 Å². The SMILES string of the molecule is CC(C)NC(=O)c1cnc2c(c1)CN(Cc1ccc(C(F)(F)F)cc1)C2. The number of rotatable bonds is 4. The van der Waals surface area contributed by atoms with Crippen LogP contribution in [0.15, 0.2) is 36.5 Å². The number of carbonyl (C=O) groups excluding carboxylic acids is 1. The van der Waals surface area contributed by atoms with Gasteiger partial charge in [-0.05, 0) is 43.2 Å². The first kappa shape index (κ1) is 18.4. The first-order valence-electron chi connectivity index (χ1n) is 8.39. The number of fused-ring (bicyclic) bond motifs is 1. The Kier molecular flexibility index (Phi) is 5.00. The second kappa shape index (κ2) is 7.07. The number of halogens is 3. The van der Waals surface area contributed by atoms with Crippen molar-refractivity contribution in [3.05, 3.63) is 64.5 Å². The summed E-state index contributed by atoms with van der Waals surface area (Å²) in [7, 11) is 0. The van der Waals surface area contributed by atoms with E-state index < -0.39 is 11.7 Å². The van der Waals surface area contributed by atoms with Crippen molar-refractivity contribution in [2.75, 3.05) is 0 Å². The number of hydrogen-bond donors (Lipinski definition) is 1. The van der Waals surface area contributed by atoms with E-state index in [4.69, 9.17) is 0 Å². The topological polar surface area (TPSA) is 45.2 Å². The maximum Gasteiger partial charge on any atom is 0.416 e. The molecule has 0 saturated heterocycles. The van der Waals surface area contributed by atoms with Crippen molar-refractivity contribution in [2.24, 2.45) is 0 Å². The Morgan fingerprint density at radius 3 is 2.54 bits per heavy atom. The number of amides is 1. The summed E-state index contributed by atoms with van der Waals surface area (Å²) < 4.78 is 37.9. The fourth-order valence-electron chi connectivity index (χ4n) is 2.97. The molecule has 4 nitrogen and oxygen atoms in total. The number of nitrogens with zero attached hydrogens (tertiary/aromatic N) is 2. The number of benzene rings is 1. The summed E-state index contributed by atoms with van der Waals surface area (Å²) in [5, 5.41) is 2.83. The standard InChI is InChI=1S/C19H20F3N3O/c1-12(2)24-18(26)14-7-15-10-25(11-17(15)23-8-14)9-13-3-5-16(6-4-13)19(20,21)22/h3-8,12H,9-11H2,1-2H3,(H,24,26). The first-order valence-corrected chi connectivity index (χ1v) is 8.39. The minimum absolute atomic E-state index is 0.0481. The molecule has 2 heterocycles. The lowest BCUT2D eigenvalue weighted by molar-refractivity contribution is -0.137. The minimum atomic E-state index is -4.32. The van der Waals surface area contributed by atoms with Crippen LogP contribution in [0.2, 0.25) is 0 Å². The number of nitrogens with one attached hydrogen (secondary N) is 1. The molecule has 0 radical (unpaired) electrons. The molecule has 138 valence electrons. The molecule has 1 amide bonds. The third-order valence-corrected chi connectivity index (χ3v) is 4.20. The van der Waals surface area contributed by atoms with Gasteiger partial charge in [-0.3, -0.25) is 14.7 Å². The van der Waals surface area contributed by atoms with Crippen molar-refractivity contribution in [1.29, 1.82) is 0 Å². The van der Waals surface area contributed by atoms with Gasteiger partial charge in [-0.1, -0.05) is 12.1 Å². The van der Waals surface area contributed by atoms with E-state index in [1.54, 1.807) is 6.20 Å². The van der Waals surface area contributed by atoms with Crippen molar-refractivity contribution in [2.45, 2.75) is 45.7 Å². The molecule has 0 fully saturated rings. The van der Waals surface area contributed by atoms with Gasteiger partial charge in [0, 0.05) is 31.9 Å². The molecule has 0 aliphatic carbocycles. The van der Waals surface area contributed by atoms with Crippen LogP contribution < -0.4 is 5.32 Å². The highest BCUT2D eigenvalue weighted by Crippen LogP contribution is 2.30. The van der Waals surface area contributed by atoms with Crippen LogP contribution in [0.25, 0.3) is 0 Å². The Balaban J connectivity index is 1.66. The molecule has 1 aromatic carbocycles. The second-order valence-corrected chi connectivity index (χ2v) is 6.80. The molecule has 0 unspecified atom stereocenters. The van der Waals surface area contributed by atoms with Gasteiger partial charge in [0.05, 0.1) is 16.8 Å². The molecule has 0 atom stereocenters. The zero-order valence-corrected chi connectivity index (χ0v) is 14.6. The lowest BCUT2D eigenvalue weighted by atomic mass is 10.1. The molecule has 0 spiro atoms. The minimum Gasteiger partial charge on any atom is -0.350 e. The highest BCUT2D eigenvalue weighted by molar-refractivity contribution is 5.94. The van der Waals surface area contributed by atoms with Gasteiger partial charge in [0.2, 0.25) is 0 Å². The molecule has 7 heteroatoms. The van der Waals surface area contributed by atoms with Crippen LogP contribution in [0.1, 0.15) is 46.6 Å². The predicted molar refractivity (Wildman–Crippen MR) is 91.2 cm³/mol. The van der Waals surface area contributed by atoms with Crippen molar-refractivity contribution >= 4 is 5.91 Å². The summed E-state index contributed by atoms with van der Waals surface area (Å²) in [6, 6.07) is 7.09. The maximum atomic E-state index is 12.6. The molecule has 3 rings (SSSR count). The number of carbonyl (C=O) groups is 1. The Hall–Kier alpha value is -2.41. The highest BCUT2D eigenvalue weighted by atomic mass is 19.4. The summed E-state index contributed by atoms with van der Waals surface area (Å²) in [5.41, 5.74) is 2.57. The summed E-state index contributed by atoms with van der Waals surface area (Å²) in [5.74, 6) is -0.156. The zero-order valence-electron chi connectivity index (χ0n) is 14.6. The number of hydrogen-bond acceptors (Lipinski definition) is 3. The number of aromatic nitrogens is 1. The third kappa shape index (κ3) is 4.22. The van der Waals surface area contributed by atoms with E-state index in [1.165, 1.54) is 12.1 Å². The Morgan fingerprint density at radius 1 is 1.23 bits per heavy atom. The van der Waals surface area contributed by atoms with E-state index in [0.29, 0.717) is 25.2 Å². The third-order valence-electron chi connectivity index (χ3n) is 4.20. The van der Waals surface area contributed by atoms with E-state index >= 15 is 0 Å². The molecule has 1 aliphatic rings. The van der Waals surface area contributed by atoms with Crippen LogP contribution in [0.5, 0.6) is 0 Å². The van der Waals surface area contributed by atoms with E-state index in [9.17, 15) is 18.0 Å². The largest absolute Gasteiger partial charge is 0.416 e. The average Bonchev–Trinajstić information content (AvgIpc) is 2.95. The van der Waals surface area contributed by atoms with Gasteiger partial charge in [0.15, 0.2) is 0 Å². The molecule has 1 N–H and O–H groups in total. The molecular weight excluding hydrogens is 343 g/mol. The summed E-state index contributed by atoms with van der Waals surface area (Å²) >= 11 is 0. The van der Waals surface area contributed by atoms with Crippen molar-refractivity contribution in [3.8, 4) is 0 Å². The van der Waals surface area contributed by atoms with Crippen molar-refractivity contribution in [1.82, 2.24) is 15.2 Å². The van der Waals surface area contributed by atoms with Crippen LogP contribution in [0.4, 0.5) is 13.2 Å². The van der Waals surface area contributed by atoms with Crippen LogP contribution in [-0.2, 0) is 25.8 Å². The maximum absolute atomic E-state index is 12.6. The van der Waals surface area contributed by atoms with Crippen LogP contribution in [0, 0.1) is 0 Å². The van der Waals surface area contributed by atoms with Crippen LogP contribution in [0.3, 0.4) is 0 Å². The van der Waals surface area contributed by atoms with Crippen LogP contribution in [-0.4, -0.2) is 21.8 Å². The van der Waals surface area contributed by atoms with E-state index in [0.717, 1.165) is 29.0 Å². The van der Waals surface area contributed by atoms with Gasteiger partial charge < -0.3 is 5.32 Å². The smallest absolute Gasteiger partial charge is 0.350 e. The Morgan fingerprint density at radius 2 is 1.92 bits per heavy atom.